The molecule has 1 unspecified atom stereocenters. The first-order valence-corrected chi connectivity index (χ1v) is 11.0. The fourth-order valence-corrected chi connectivity index (χ4v) is 3.45. The van der Waals surface area contributed by atoms with Crippen LogP contribution in [0.3, 0.4) is 0 Å². The van der Waals surface area contributed by atoms with Crippen molar-refractivity contribution < 1.29 is 13.2 Å². The predicted molar refractivity (Wildman–Crippen MR) is 129 cm³/mol. The third-order valence-corrected chi connectivity index (χ3v) is 5.46. The molecule has 166 valence electrons. The van der Waals surface area contributed by atoms with E-state index in [-0.39, 0.29) is 35.4 Å². The van der Waals surface area contributed by atoms with Gasteiger partial charge in [-0.2, -0.15) is 0 Å². The minimum atomic E-state index is -3.55. The maximum Gasteiger partial charge on any atom is 0.242 e. The zero-order chi connectivity index (χ0) is 21.0. The highest BCUT2D eigenvalue weighted by Crippen LogP contribution is 2.04. The Bertz CT molecular complexity index is 851. The van der Waals surface area contributed by atoms with Crippen LogP contribution < -0.4 is 15.4 Å². The fraction of sp³-hybridized carbons (Fsp3) is 0.400. The summed E-state index contributed by atoms with van der Waals surface area (Å²) in [6.07, 6.45) is 2.85. The van der Waals surface area contributed by atoms with E-state index in [2.05, 4.69) is 32.3 Å². The standard InChI is InChI=1S/C20H29N5O3S.HI/c1-17(15-28-16-18-7-4-3-5-8-18)13-24-20(21-2)23-11-12-25-29(26,27)19-9-6-10-22-14-19;/h3-10,14,17,25H,11-13,15-16H2,1-2H3,(H2,21,23,24);1H. The Morgan fingerprint density at radius 2 is 1.90 bits per heavy atom. The van der Waals surface area contributed by atoms with Gasteiger partial charge in [-0.3, -0.25) is 9.98 Å². The Hall–Kier alpha value is -1.76. The number of hydrogen-bond donors (Lipinski definition) is 3. The number of benzene rings is 1. The Kier molecular flexibility index (Phi) is 12.5. The third kappa shape index (κ3) is 9.83. The summed E-state index contributed by atoms with van der Waals surface area (Å²) in [5.41, 5.74) is 1.15. The molecule has 0 aliphatic rings. The molecule has 0 saturated carbocycles. The number of rotatable bonds is 11. The van der Waals surface area contributed by atoms with E-state index in [9.17, 15) is 8.42 Å². The molecular weight excluding hydrogens is 517 g/mol. The summed E-state index contributed by atoms with van der Waals surface area (Å²) >= 11 is 0. The van der Waals surface area contributed by atoms with Gasteiger partial charge in [0.2, 0.25) is 10.0 Å². The topological polar surface area (TPSA) is 105 Å². The highest BCUT2D eigenvalue weighted by Gasteiger charge is 2.12. The van der Waals surface area contributed by atoms with E-state index in [0.29, 0.717) is 38.2 Å². The van der Waals surface area contributed by atoms with Gasteiger partial charge in [-0.1, -0.05) is 37.3 Å². The second kappa shape index (κ2) is 14.3. The van der Waals surface area contributed by atoms with E-state index in [4.69, 9.17) is 4.74 Å². The van der Waals surface area contributed by atoms with Crippen molar-refractivity contribution >= 4 is 40.0 Å². The number of sulfonamides is 1. The van der Waals surface area contributed by atoms with Crippen molar-refractivity contribution in [3.8, 4) is 0 Å². The molecule has 1 heterocycles. The summed E-state index contributed by atoms with van der Waals surface area (Å²) in [6, 6.07) is 13.1. The molecule has 0 aliphatic heterocycles. The van der Waals surface area contributed by atoms with Gasteiger partial charge in [-0.25, -0.2) is 13.1 Å². The highest BCUT2D eigenvalue weighted by molar-refractivity contribution is 14.0. The average molecular weight is 547 g/mol. The fourth-order valence-electron chi connectivity index (χ4n) is 2.46. The van der Waals surface area contributed by atoms with E-state index in [1.807, 2.05) is 30.3 Å². The van der Waals surface area contributed by atoms with Crippen molar-refractivity contribution in [2.45, 2.75) is 18.4 Å². The molecule has 0 aliphatic carbocycles. The Morgan fingerprint density at radius 3 is 2.57 bits per heavy atom. The quantitative estimate of drug-likeness (QED) is 0.172. The largest absolute Gasteiger partial charge is 0.376 e. The number of ether oxygens (including phenoxy) is 1. The zero-order valence-corrected chi connectivity index (χ0v) is 20.4. The SMILES string of the molecule is CN=C(NCCNS(=O)(=O)c1cccnc1)NCC(C)COCc1ccccc1.I. The third-order valence-electron chi connectivity index (χ3n) is 4.01. The minimum absolute atomic E-state index is 0. The van der Waals surface area contributed by atoms with Gasteiger partial charge in [-0.15, -0.1) is 24.0 Å². The summed E-state index contributed by atoms with van der Waals surface area (Å²) < 4.78 is 32.5. The highest BCUT2D eigenvalue weighted by atomic mass is 127. The number of aliphatic imine (C=N–C) groups is 1. The van der Waals surface area contributed by atoms with Crippen molar-refractivity contribution in [1.82, 2.24) is 20.3 Å². The average Bonchev–Trinajstić information content (AvgIpc) is 2.74. The maximum atomic E-state index is 12.1. The molecule has 0 bridgehead atoms. The van der Waals surface area contributed by atoms with E-state index in [1.165, 1.54) is 18.5 Å². The minimum Gasteiger partial charge on any atom is -0.376 e. The van der Waals surface area contributed by atoms with Gasteiger partial charge in [0, 0.05) is 39.1 Å². The first-order valence-electron chi connectivity index (χ1n) is 9.47. The van der Waals surface area contributed by atoms with Crippen LogP contribution in [0.1, 0.15) is 12.5 Å². The molecule has 0 saturated heterocycles. The van der Waals surface area contributed by atoms with E-state index >= 15 is 0 Å². The summed E-state index contributed by atoms with van der Waals surface area (Å²) in [5, 5.41) is 6.31. The van der Waals surface area contributed by atoms with Crippen molar-refractivity contribution in [2.75, 3.05) is 33.3 Å². The van der Waals surface area contributed by atoms with Crippen molar-refractivity contribution in [1.29, 1.82) is 0 Å². The van der Waals surface area contributed by atoms with E-state index in [0.717, 1.165) is 5.56 Å². The number of guanidine groups is 1. The molecule has 2 aromatic rings. The molecule has 10 heteroatoms. The predicted octanol–water partition coefficient (Wildman–Crippen LogP) is 2.00. The van der Waals surface area contributed by atoms with Crippen LogP contribution >= 0.6 is 24.0 Å². The Labute approximate surface area is 196 Å². The molecule has 0 amide bonds. The maximum absolute atomic E-state index is 12.1. The molecule has 0 spiro atoms. The number of pyridine rings is 1. The van der Waals surface area contributed by atoms with Crippen molar-refractivity contribution in [3.63, 3.8) is 0 Å². The lowest BCUT2D eigenvalue weighted by Gasteiger charge is -2.16. The van der Waals surface area contributed by atoms with Crippen molar-refractivity contribution in [2.24, 2.45) is 10.9 Å². The molecule has 1 aromatic carbocycles. The molecular formula is C20H30IN5O3S. The van der Waals surface area contributed by atoms with Gasteiger partial charge >= 0.3 is 0 Å². The molecule has 0 radical (unpaired) electrons. The van der Waals surface area contributed by atoms with Crippen LogP contribution in [-0.2, 0) is 21.4 Å². The summed E-state index contributed by atoms with van der Waals surface area (Å²) in [5.74, 6) is 0.904. The molecule has 8 nitrogen and oxygen atoms in total. The molecule has 2 rings (SSSR count). The molecule has 30 heavy (non-hydrogen) atoms. The Morgan fingerprint density at radius 1 is 1.13 bits per heavy atom. The second-order valence-electron chi connectivity index (χ2n) is 6.57. The van der Waals surface area contributed by atoms with Gasteiger partial charge in [-0.05, 0) is 23.6 Å². The molecule has 1 atom stereocenters. The monoisotopic (exact) mass is 547 g/mol. The van der Waals surface area contributed by atoms with Gasteiger partial charge < -0.3 is 15.4 Å². The van der Waals surface area contributed by atoms with Crippen LogP contribution in [0.2, 0.25) is 0 Å². The van der Waals surface area contributed by atoms with Crippen LogP contribution in [0.5, 0.6) is 0 Å². The first kappa shape index (κ1) is 26.3. The second-order valence-corrected chi connectivity index (χ2v) is 8.34. The lowest BCUT2D eigenvalue weighted by Crippen LogP contribution is -2.43. The van der Waals surface area contributed by atoms with Crippen LogP contribution in [0.15, 0.2) is 64.7 Å². The van der Waals surface area contributed by atoms with Gasteiger partial charge in [0.15, 0.2) is 5.96 Å². The Balaban J connectivity index is 0.00000450. The summed E-state index contributed by atoms with van der Waals surface area (Å²) in [7, 11) is -1.88. The first-order chi connectivity index (χ1) is 14.0. The number of halogens is 1. The molecule has 1 aromatic heterocycles. The number of aromatic nitrogens is 1. The molecule has 3 N–H and O–H groups in total. The van der Waals surface area contributed by atoms with Gasteiger partial charge in [0.1, 0.15) is 4.90 Å². The normalized spacial score (nSPS) is 12.7. The molecule has 0 fully saturated rings. The summed E-state index contributed by atoms with van der Waals surface area (Å²) in [6.45, 7) is 4.63. The summed E-state index contributed by atoms with van der Waals surface area (Å²) in [4.78, 5) is 8.12. The van der Waals surface area contributed by atoms with Crippen LogP contribution in [-0.4, -0.2) is 52.7 Å². The number of nitrogens with zero attached hydrogens (tertiary/aromatic N) is 2. The van der Waals surface area contributed by atoms with Gasteiger partial charge in [0.25, 0.3) is 0 Å². The van der Waals surface area contributed by atoms with Gasteiger partial charge in [0.05, 0.1) is 13.2 Å². The van der Waals surface area contributed by atoms with E-state index < -0.39 is 10.0 Å². The lowest BCUT2D eigenvalue weighted by atomic mass is 10.2. The smallest absolute Gasteiger partial charge is 0.242 e. The van der Waals surface area contributed by atoms with Crippen LogP contribution in [0.4, 0.5) is 0 Å². The van der Waals surface area contributed by atoms with E-state index in [1.54, 1.807) is 13.1 Å². The van der Waals surface area contributed by atoms with Crippen LogP contribution in [0, 0.1) is 5.92 Å². The lowest BCUT2D eigenvalue weighted by molar-refractivity contribution is 0.0931. The zero-order valence-electron chi connectivity index (χ0n) is 17.2. The number of hydrogen-bond acceptors (Lipinski definition) is 5. The number of nitrogens with one attached hydrogen (secondary N) is 3. The van der Waals surface area contributed by atoms with Crippen LogP contribution in [0.25, 0.3) is 0 Å². The van der Waals surface area contributed by atoms with Crippen molar-refractivity contribution in [3.05, 3.63) is 60.4 Å².